The molecule has 0 aromatic carbocycles. The Kier molecular flexibility index (Phi) is 4.65. The molecule has 0 amide bonds. The van der Waals surface area contributed by atoms with E-state index in [0.29, 0.717) is 0 Å². The van der Waals surface area contributed by atoms with Crippen LogP contribution in [-0.4, -0.2) is 0 Å². The van der Waals surface area contributed by atoms with Crippen molar-refractivity contribution in [2.75, 3.05) is 0 Å². The maximum atomic E-state index is 2.53. The molecule has 1 aliphatic carbocycles. The van der Waals surface area contributed by atoms with E-state index in [2.05, 4.69) is 13.3 Å². The molecular weight excluding hydrogens is 132 g/mol. The van der Waals surface area contributed by atoms with Gasteiger partial charge < -0.3 is 6.42 Å². The van der Waals surface area contributed by atoms with Gasteiger partial charge in [0.25, 0.3) is 0 Å². The zero-order chi connectivity index (χ0) is 7.94. The van der Waals surface area contributed by atoms with Crippen molar-refractivity contribution in [3.8, 4) is 0 Å². The fraction of sp³-hybridized carbons (Fsp3) is 0.909. The van der Waals surface area contributed by atoms with Gasteiger partial charge in [-0.2, -0.15) is 12.3 Å². The predicted octanol–water partition coefficient (Wildman–Crippen LogP) is 3.96. The third-order valence-electron chi connectivity index (χ3n) is 2.71. The lowest BCUT2D eigenvalue weighted by atomic mass is 10.00. The van der Waals surface area contributed by atoms with E-state index in [1.165, 1.54) is 51.4 Å². The van der Waals surface area contributed by atoms with E-state index in [0.717, 1.165) is 5.92 Å². The molecule has 0 spiro atoms. The fourth-order valence-corrected chi connectivity index (χ4v) is 1.95. The van der Waals surface area contributed by atoms with Crippen molar-refractivity contribution < 1.29 is 0 Å². The highest BCUT2D eigenvalue weighted by molar-refractivity contribution is 4.82. The monoisotopic (exact) mass is 153 g/mol. The summed E-state index contributed by atoms with van der Waals surface area (Å²) in [6.45, 7) is 2.28. The van der Waals surface area contributed by atoms with Gasteiger partial charge in [0, 0.05) is 0 Å². The van der Waals surface area contributed by atoms with Crippen molar-refractivity contribution in [2.45, 2.75) is 58.3 Å². The molecule has 66 valence electrons. The van der Waals surface area contributed by atoms with Gasteiger partial charge >= 0.3 is 0 Å². The smallest absolute Gasteiger partial charge is 0.0534 e. The summed E-state index contributed by atoms with van der Waals surface area (Å²) in [4.78, 5) is 0. The van der Waals surface area contributed by atoms with Crippen LogP contribution in [0, 0.1) is 12.3 Å². The van der Waals surface area contributed by atoms with E-state index in [4.69, 9.17) is 0 Å². The van der Waals surface area contributed by atoms with Crippen LogP contribution < -0.4 is 0 Å². The first kappa shape index (κ1) is 9.09. The molecular formula is C11H21-. The minimum atomic E-state index is 0.992. The predicted molar refractivity (Wildman–Crippen MR) is 50.4 cm³/mol. The highest BCUT2D eigenvalue weighted by atomic mass is 14.2. The molecule has 0 heterocycles. The molecule has 0 nitrogen and oxygen atoms in total. The summed E-state index contributed by atoms with van der Waals surface area (Å²) in [6, 6.07) is 0. The number of hydrogen-bond acceptors (Lipinski definition) is 0. The van der Waals surface area contributed by atoms with Crippen LogP contribution in [0.4, 0.5) is 0 Å². The van der Waals surface area contributed by atoms with Crippen LogP contribution >= 0.6 is 0 Å². The Balaban J connectivity index is 1.86. The van der Waals surface area contributed by atoms with Crippen molar-refractivity contribution in [1.29, 1.82) is 0 Å². The van der Waals surface area contributed by atoms with Crippen molar-refractivity contribution in [3.63, 3.8) is 0 Å². The first-order valence-electron chi connectivity index (χ1n) is 5.27. The van der Waals surface area contributed by atoms with Crippen LogP contribution in [0.5, 0.6) is 0 Å². The molecule has 1 saturated carbocycles. The van der Waals surface area contributed by atoms with Gasteiger partial charge in [0.2, 0.25) is 0 Å². The number of hydrogen-bond donors (Lipinski definition) is 0. The summed E-state index contributed by atoms with van der Waals surface area (Å²) >= 11 is 0. The third-order valence-corrected chi connectivity index (χ3v) is 2.71. The molecule has 0 bridgehead atoms. The van der Waals surface area contributed by atoms with Crippen LogP contribution in [0.25, 0.3) is 0 Å². The van der Waals surface area contributed by atoms with Crippen molar-refractivity contribution in [2.24, 2.45) is 5.92 Å². The molecule has 1 unspecified atom stereocenters. The standard InChI is InChI=1S/C11H21/c1-2-3-4-5-8-11-9-6-7-10-11/h9,11H,2-8,10H2,1H3/q-1. The molecule has 1 aliphatic rings. The number of unbranched alkanes of at least 4 members (excludes halogenated alkanes) is 3. The van der Waals surface area contributed by atoms with Gasteiger partial charge in [-0.25, -0.2) is 0 Å². The lowest BCUT2D eigenvalue weighted by molar-refractivity contribution is 0.515. The molecule has 0 aromatic rings. The zero-order valence-corrected chi connectivity index (χ0v) is 7.81. The Bertz CT molecular complexity index is 80.0. The SMILES string of the molecule is CCCCCCC1[CH-]CCC1. The van der Waals surface area contributed by atoms with Crippen LogP contribution in [0.15, 0.2) is 0 Å². The van der Waals surface area contributed by atoms with E-state index in [-0.39, 0.29) is 0 Å². The molecule has 0 aromatic heterocycles. The van der Waals surface area contributed by atoms with Gasteiger partial charge in [-0.3, -0.25) is 0 Å². The lowest BCUT2D eigenvalue weighted by Crippen LogP contribution is -1.92. The number of rotatable bonds is 5. The fourth-order valence-electron chi connectivity index (χ4n) is 1.95. The van der Waals surface area contributed by atoms with Crippen LogP contribution in [0.1, 0.15) is 58.3 Å². The van der Waals surface area contributed by atoms with Crippen molar-refractivity contribution in [1.82, 2.24) is 0 Å². The van der Waals surface area contributed by atoms with E-state index < -0.39 is 0 Å². The lowest BCUT2D eigenvalue weighted by Gasteiger charge is -2.15. The van der Waals surface area contributed by atoms with Gasteiger partial charge in [-0.1, -0.05) is 51.9 Å². The summed E-state index contributed by atoms with van der Waals surface area (Å²) in [5, 5.41) is 0. The van der Waals surface area contributed by atoms with E-state index >= 15 is 0 Å². The molecule has 0 N–H and O–H groups in total. The first-order valence-corrected chi connectivity index (χ1v) is 5.27. The molecule has 0 radical (unpaired) electrons. The minimum Gasteiger partial charge on any atom is -0.325 e. The average molecular weight is 153 g/mol. The Labute approximate surface area is 71.4 Å². The third kappa shape index (κ3) is 3.79. The van der Waals surface area contributed by atoms with Gasteiger partial charge in [-0.05, 0) is 0 Å². The minimum absolute atomic E-state index is 0.992. The molecule has 0 heteroatoms. The zero-order valence-electron chi connectivity index (χ0n) is 7.81. The maximum absolute atomic E-state index is 2.53. The molecule has 1 rings (SSSR count). The molecule has 11 heavy (non-hydrogen) atoms. The van der Waals surface area contributed by atoms with Crippen LogP contribution in [-0.2, 0) is 0 Å². The molecule has 1 fully saturated rings. The van der Waals surface area contributed by atoms with Crippen LogP contribution in [0.2, 0.25) is 0 Å². The summed E-state index contributed by atoms with van der Waals surface area (Å²) in [5.41, 5.74) is 0. The van der Waals surface area contributed by atoms with E-state index in [9.17, 15) is 0 Å². The summed E-state index contributed by atoms with van der Waals surface area (Å²) in [7, 11) is 0. The Morgan fingerprint density at radius 2 is 2.18 bits per heavy atom. The van der Waals surface area contributed by atoms with Crippen molar-refractivity contribution in [3.05, 3.63) is 6.42 Å². The van der Waals surface area contributed by atoms with Crippen molar-refractivity contribution >= 4 is 0 Å². The van der Waals surface area contributed by atoms with Gasteiger partial charge in [0.15, 0.2) is 0 Å². The second-order valence-corrected chi connectivity index (χ2v) is 3.78. The second kappa shape index (κ2) is 5.62. The molecule has 0 saturated heterocycles. The quantitative estimate of drug-likeness (QED) is 0.414. The van der Waals surface area contributed by atoms with Crippen LogP contribution in [0.3, 0.4) is 0 Å². The highest BCUT2D eigenvalue weighted by Gasteiger charge is 2.03. The topological polar surface area (TPSA) is 0 Å². The largest absolute Gasteiger partial charge is 0.325 e. The Morgan fingerprint density at radius 1 is 1.27 bits per heavy atom. The van der Waals surface area contributed by atoms with E-state index in [1.807, 2.05) is 0 Å². The van der Waals surface area contributed by atoms with E-state index in [1.54, 1.807) is 0 Å². The molecule has 0 aliphatic heterocycles. The second-order valence-electron chi connectivity index (χ2n) is 3.78. The summed E-state index contributed by atoms with van der Waals surface area (Å²) < 4.78 is 0. The Morgan fingerprint density at radius 3 is 2.82 bits per heavy atom. The summed E-state index contributed by atoms with van der Waals surface area (Å²) in [5.74, 6) is 0.992. The maximum Gasteiger partial charge on any atom is -0.0534 e. The Hall–Kier alpha value is 0. The normalized spacial score (nSPS) is 24.3. The van der Waals surface area contributed by atoms with Gasteiger partial charge in [0.05, 0.1) is 0 Å². The summed E-state index contributed by atoms with van der Waals surface area (Å²) in [6.07, 6.45) is 14.1. The molecule has 1 atom stereocenters. The average Bonchev–Trinajstić information content (AvgIpc) is 2.50. The first-order chi connectivity index (χ1) is 5.43. The van der Waals surface area contributed by atoms with Gasteiger partial charge in [-0.15, -0.1) is 0 Å². The van der Waals surface area contributed by atoms with Gasteiger partial charge in [0.1, 0.15) is 0 Å². The highest BCUT2D eigenvalue weighted by Crippen LogP contribution is 2.28.